The number of methoxy groups -OCH3 is 1. The van der Waals surface area contributed by atoms with Crippen LogP contribution in [0.15, 0.2) is 30.3 Å². The third kappa shape index (κ3) is 4.21. The van der Waals surface area contributed by atoms with Crippen LogP contribution in [0.2, 0.25) is 5.02 Å². The van der Waals surface area contributed by atoms with Crippen LogP contribution in [0.25, 0.3) is 0 Å². The van der Waals surface area contributed by atoms with Crippen molar-refractivity contribution in [1.29, 1.82) is 0 Å². The molecule has 9 nitrogen and oxygen atoms in total. The maximum Gasteiger partial charge on any atom is 0.419 e. The lowest BCUT2D eigenvalue weighted by Crippen LogP contribution is -2.52. The number of hydrogen-bond acceptors (Lipinski definition) is 6. The van der Waals surface area contributed by atoms with E-state index in [0.717, 1.165) is 11.0 Å². The molecule has 0 aliphatic carbocycles. The molecule has 11 heteroatoms. The van der Waals surface area contributed by atoms with Crippen molar-refractivity contribution in [1.82, 2.24) is 10.2 Å². The van der Waals surface area contributed by atoms with Crippen LogP contribution in [0.5, 0.6) is 11.5 Å². The van der Waals surface area contributed by atoms with E-state index >= 15 is 0 Å². The van der Waals surface area contributed by atoms with E-state index in [1.807, 2.05) is 0 Å². The highest BCUT2D eigenvalue weighted by Gasteiger charge is 2.40. The summed E-state index contributed by atoms with van der Waals surface area (Å²) in [6.45, 7) is 0.117. The third-order valence-corrected chi connectivity index (χ3v) is 5.87. The van der Waals surface area contributed by atoms with Crippen molar-refractivity contribution >= 4 is 41.1 Å². The predicted octanol–water partition coefficient (Wildman–Crippen LogP) is 2.88. The lowest BCUT2D eigenvalue weighted by atomic mass is 10.0. The van der Waals surface area contributed by atoms with Crippen molar-refractivity contribution in [3.8, 4) is 11.5 Å². The number of nitrogens with zero attached hydrogens (tertiary/aromatic N) is 2. The summed E-state index contributed by atoms with van der Waals surface area (Å²) in [4.78, 5) is 51.9. The maximum atomic E-state index is 13.4. The number of hydrogen-bond donors (Lipinski definition) is 1. The number of imide groups is 1. The quantitative estimate of drug-likeness (QED) is 0.682. The van der Waals surface area contributed by atoms with Crippen LogP contribution in [0.3, 0.4) is 0 Å². The first-order valence-electron chi connectivity index (χ1n) is 9.95. The second kappa shape index (κ2) is 8.70. The molecule has 0 radical (unpaired) electrons. The number of fused-ring (bicyclic) bond motifs is 1. The zero-order chi connectivity index (χ0) is 23.9. The largest absolute Gasteiger partial charge is 0.496 e. The third-order valence-electron chi connectivity index (χ3n) is 5.58. The average Bonchev–Trinajstić information content (AvgIpc) is 3.11. The minimum Gasteiger partial charge on any atom is -0.496 e. The summed E-state index contributed by atoms with van der Waals surface area (Å²) >= 11 is 5.78. The van der Waals surface area contributed by atoms with E-state index in [4.69, 9.17) is 21.1 Å². The molecule has 1 saturated heterocycles. The number of halogens is 2. The highest BCUT2D eigenvalue weighted by atomic mass is 35.5. The Balaban J connectivity index is 1.57. The normalized spacial score (nSPS) is 17.5. The van der Waals surface area contributed by atoms with E-state index in [0.29, 0.717) is 17.0 Å². The van der Waals surface area contributed by atoms with Gasteiger partial charge in [-0.2, -0.15) is 0 Å². The summed E-state index contributed by atoms with van der Waals surface area (Å²) in [6, 6.07) is 5.85. The van der Waals surface area contributed by atoms with Crippen LogP contribution >= 0.6 is 11.6 Å². The zero-order valence-corrected chi connectivity index (χ0v) is 18.4. The van der Waals surface area contributed by atoms with Gasteiger partial charge in [0.15, 0.2) is 0 Å². The fourth-order valence-corrected chi connectivity index (χ4v) is 3.99. The topological polar surface area (TPSA) is 105 Å². The van der Waals surface area contributed by atoms with Gasteiger partial charge < -0.3 is 14.4 Å². The first-order chi connectivity index (χ1) is 15.7. The predicted molar refractivity (Wildman–Crippen MR) is 115 cm³/mol. The van der Waals surface area contributed by atoms with Crippen LogP contribution in [-0.2, 0) is 16.1 Å². The molecule has 2 aromatic carbocycles. The van der Waals surface area contributed by atoms with Crippen molar-refractivity contribution < 1.29 is 33.0 Å². The molecule has 2 heterocycles. The maximum absolute atomic E-state index is 13.4. The molecule has 2 aliphatic rings. The van der Waals surface area contributed by atoms with Crippen molar-refractivity contribution in [2.75, 3.05) is 19.1 Å². The molecular formula is C22H19ClFN3O6. The molecule has 1 unspecified atom stereocenters. The number of anilines is 1. The lowest BCUT2D eigenvalue weighted by Gasteiger charge is -2.29. The summed E-state index contributed by atoms with van der Waals surface area (Å²) in [5.41, 5.74) is 1.08. The van der Waals surface area contributed by atoms with Gasteiger partial charge in [-0.05, 0) is 30.7 Å². The first-order valence-corrected chi connectivity index (χ1v) is 10.3. The molecule has 4 amide bonds. The fraction of sp³-hybridized carbons (Fsp3) is 0.273. The molecule has 2 aromatic rings. The van der Waals surface area contributed by atoms with E-state index in [1.165, 1.54) is 43.3 Å². The van der Waals surface area contributed by atoms with Crippen LogP contribution < -0.4 is 19.7 Å². The number of ether oxygens (including phenoxy) is 2. The lowest BCUT2D eigenvalue weighted by molar-refractivity contribution is -0.136. The minimum atomic E-state index is -0.799. The van der Waals surface area contributed by atoms with Gasteiger partial charge in [0, 0.05) is 30.8 Å². The van der Waals surface area contributed by atoms with Crippen LogP contribution in [0, 0.1) is 5.82 Å². The second-order valence-electron chi connectivity index (χ2n) is 7.58. The molecule has 2 aliphatic heterocycles. The van der Waals surface area contributed by atoms with Crippen LogP contribution in [-0.4, -0.2) is 48.9 Å². The number of rotatable bonds is 4. The Morgan fingerprint density at radius 1 is 1.24 bits per heavy atom. The standard InChI is InChI=1S/C22H19ClFN3O6/c1-26(11-3-4-16(24)15(23)7-11)22(31)33-12-8-13-14(18(9-12)32-2)10-27(21(13)30)17-5-6-19(28)25-20(17)29/h3-4,7-9,17H,5-6,10H2,1-2H3,(H,25,28,29). The Morgan fingerprint density at radius 2 is 2.00 bits per heavy atom. The Kier molecular flexibility index (Phi) is 5.94. The average molecular weight is 476 g/mol. The van der Waals surface area contributed by atoms with Gasteiger partial charge in [-0.3, -0.25) is 24.6 Å². The van der Waals surface area contributed by atoms with Gasteiger partial charge in [0.2, 0.25) is 11.8 Å². The minimum absolute atomic E-state index is 0.0501. The fourth-order valence-electron chi connectivity index (χ4n) is 3.81. The Bertz CT molecular complexity index is 1190. The van der Waals surface area contributed by atoms with Gasteiger partial charge >= 0.3 is 6.09 Å². The summed E-state index contributed by atoms with van der Waals surface area (Å²) < 4.78 is 24.2. The van der Waals surface area contributed by atoms with E-state index in [1.54, 1.807) is 0 Å². The number of carbonyl (C=O) groups is 4. The number of piperidine rings is 1. The van der Waals surface area contributed by atoms with Gasteiger partial charge in [-0.15, -0.1) is 0 Å². The number of carbonyl (C=O) groups excluding carboxylic acids is 4. The van der Waals surface area contributed by atoms with Crippen molar-refractivity contribution in [3.63, 3.8) is 0 Å². The van der Waals surface area contributed by atoms with Crippen molar-refractivity contribution in [2.24, 2.45) is 0 Å². The van der Waals surface area contributed by atoms with Gasteiger partial charge in [0.05, 0.1) is 24.2 Å². The molecule has 33 heavy (non-hydrogen) atoms. The molecule has 4 rings (SSSR count). The molecular weight excluding hydrogens is 457 g/mol. The molecule has 1 fully saturated rings. The van der Waals surface area contributed by atoms with Crippen molar-refractivity contribution in [2.45, 2.75) is 25.4 Å². The van der Waals surface area contributed by atoms with Gasteiger partial charge in [0.25, 0.3) is 5.91 Å². The molecule has 1 atom stereocenters. The monoisotopic (exact) mass is 475 g/mol. The molecule has 0 aromatic heterocycles. The highest BCUT2D eigenvalue weighted by Crippen LogP contribution is 2.37. The molecule has 0 saturated carbocycles. The first kappa shape index (κ1) is 22.5. The Labute approximate surface area is 193 Å². The zero-order valence-electron chi connectivity index (χ0n) is 17.7. The van der Waals surface area contributed by atoms with E-state index in [-0.39, 0.29) is 41.6 Å². The van der Waals surface area contributed by atoms with E-state index in [9.17, 15) is 23.6 Å². The van der Waals surface area contributed by atoms with Crippen molar-refractivity contribution in [3.05, 3.63) is 52.3 Å². The van der Waals surface area contributed by atoms with E-state index in [2.05, 4.69) is 5.32 Å². The number of benzene rings is 2. The van der Waals surface area contributed by atoms with Gasteiger partial charge in [0.1, 0.15) is 23.4 Å². The summed E-state index contributed by atoms with van der Waals surface area (Å²) in [5.74, 6) is -1.60. The highest BCUT2D eigenvalue weighted by molar-refractivity contribution is 6.31. The molecule has 172 valence electrons. The summed E-state index contributed by atoms with van der Waals surface area (Å²) in [5, 5.41) is 2.10. The SMILES string of the molecule is COc1cc(OC(=O)N(C)c2ccc(F)c(Cl)c2)cc2c1CN(C1CCC(=O)NC1=O)C2=O. The van der Waals surface area contributed by atoms with Gasteiger partial charge in [-0.1, -0.05) is 11.6 Å². The van der Waals surface area contributed by atoms with E-state index < -0.39 is 29.8 Å². The smallest absolute Gasteiger partial charge is 0.419 e. The Hall–Kier alpha value is -3.66. The Morgan fingerprint density at radius 3 is 2.67 bits per heavy atom. The van der Waals surface area contributed by atoms with Crippen LogP contribution in [0.1, 0.15) is 28.8 Å². The van der Waals surface area contributed by atoms with Crippen LogP contribution in [0.4, 0.5) is 14.9 Å². The molecule has 0 spiro atoms. The number of amides is 4. The molecule has 1 N–H and O–H groups in total. The van der Waals surface area contributed by atoms with Gasteiger partial charge in [-0.25, -0.2) is 9.18 Å². The summed E-state index contributed by atoms with van der Waals surface area (Å²) in [6.07, 6.45) is -0.442. The number of nitrogens with one attached hydrogen (secondary N) is 1. The summed E-state index contributed by atoms with van der Waals surface area (Å²) in [7, 11) is 2.83. The molecule has 0 bridgehead atoms. The second-order valence-corrected chi connectivity index (χ2v) is 7.98.